The summed E-state index contributed by atoms with van der Waals surface area (Å²) in [5.41, 5.74) is 6.53. The number of likely N-dealkylation sites (tertiary alicyclic amines) is 1. The largest absolute Gasteiger partial charge is 0.447 e. The number of nitrogens with zero attached hydrogens (tertiary/aromatic N) is 1. The molecule has 0 bridgehead atoms. The van der Waals surface area contributed by atoms with Crippen molar-refractivity contribution < 1.29 is 9.53 Å². The molecule has 1 amide bonds. The number of carbonyl (C=O) groups is 1. The number of carbonyl (C=O) groups excluding carboxylic acids is 1. The molecule has 4 nitrogen and oxygen atoms in total. The van der Waals surface area contributed by atoms with Crippen molar-refractivity contribution in [2.24, 2.45) is 5.73 Å². The zero-order chi connectivity index (χ0) is 14.7. The highest BCUT2D eigenvalue weighted by molar-refractivity contribution is 7.15. The van der Waals surface area contributed by atoms with Gasteiger partial charge in [0, 0.05) is 6.54 Å². The van der Waals surface area contributed by atoms with E-state index in [4.69, 9.17) is 10.5 Å². The van der Waals surface area contributed by atoms with E-state index in [9.17, 15) is 4.79 Å². The molecule has 1 saturated heterocycles. The van der Waals surface area contributed by atoms with Gasteiger partial charge in [0.15, 0.2) is 5.06 Å². The molecule has 2 N–H and O–H groups in total. The average molecular weight is 302 g/mol. The molecule has 0 aliphatic carbocycles. The lowest BCUT2D eigenvalue weighted by molar-refractivity contribution is 0.100. The van der Waals surface area contributed by atoms with Crippen LogP contribution in [0.5, 0.6) is 10.8 Å². The van der Waals surface area contributed by atoms with Crippen molar-refractivity contribution in [3.8, 4) is 10.8 Å². The van der Waals surface area contributed by atoms with Crippen LogP contribution in [0.1, 0.15) is 28.1 Å². The molecular formula is C16H18N2O2S. The van der Waals surface area contributed by atoms with Crippen molar-refractivity contribution in [2.75, 3.05) is 13.1 Å². The van der Waals surface area contributed by atoms with Gasteiger partial charge in [-0.1, -0.05) is 23.5 Å². The van der Waals surface area contributed by atoms with Gasteiger partial charge in [0.1, 0.15) is 5.75 Å². The van der Waals surface area contributed by atoms with Gasteiger partial charge < -0.3 is 10.5 Å². The number of benzene rings is 1. The Kier molecular flexibility index (Phi) is 4.22. The molecule has 0 unspecified atom stereocenters. The first-order valence-electron chi connectivity index (χ1n) is 7.09. The summed E-state index contributed by atoms with van der Waals surface area (Å²) in [6.45, 7) is 3.40. The number of nitrogens with two attached hydrogens (primary N) is 1. The Morgan fingerprint density at radius 1 is 1.14 bits per heavy atom. The van der Waals surface area contributed by atoms with Crippen LogP contribution >= 0.6 is 11.3 Å². The quantitative estimate of drug-likeness (QED) is 0.922. The van der Waals surface area contributed by atoms with E-state index < -0.39 is 5.91 Å². The Morgan fingerprint density at radius 3 is 2.48 bits per heavy atom. The van der Waals surface area contributed by atoms with E-state index >= 15 is 0 Å². The zero-order valence-corrected chi connectivity index (χ0v) is 12.6. The van der Waals surface area contributed by atoms with Gasteiger partial charge in [0.05, 0.1) is 4.88 Å². The monoisotopic (exact) mass is 302 g/mol. The molecule has 2 heterocycles. The fourth-order valence-corrected chi connectivity index (χ4v) is 3.21. The Bertz CT molecular complexity index is 615. The third-order valence-corrected chi connectivity index (χ3v) is 4.55. The summed E-state index contributed by atoms with van der Waals surface area (Å²) < 4.78 is 5.73. The van der Waals surface area contributed by atoms with Crippen LogP contribution in [-0.2, 0) is 6.54 Å². The number of rotatable bonds is 5. The van der Waals surface area contributed by atoms with Crippen molar-refractivity contribution in [2.45, 2.75) is 19.4 Å². The highest BCUT2D eigenvalue weighted by Crippen LogP contribution is 2.29. The maximum atomic E-state index is 11.0. The van der Waals surface area contributed by atoms with Crippen molar-refractivity contribution in [3.63, 3.8) is 0 Å². The van der Waals surface area contributed by atoms with E-state index in [1.807, 2.05) is 12.1 Å². The molecule has 1 aliphatic rings. The van der Waals surface area contributed by atoms with E-state index in [0.29, 0.717) is 9.94 Å². The SMILES string of the molecule is NC(=O)c1ccc(Oc2ccc(CN3CCCC3)cc2)s1. The van der Waals surface area contributed by atoms with E-state index in [1.165, 1.54) is 42.8 Å². The van der Waals surface area contributed by atoms with E-state index in [1.54, 1.807) is 12.1 Å². The summed E-state index contributed by atoms with van der Waals surface area (Å²) >= 11 is 1.26. The topological polar surface area (TPSA) is 55.6 Å². The van der Waals surface area contributed by atoms with Crippen LogP contribution in [0.25, 0.3) is 0 Å². The maximum absolute atomic E-state index is 11.0. The van der Waals surface area contributed by atoms with E-state index in [2.05, 4.69) is 17.0 Å². The molecule has 0 atom stereocenters. The van der Waals surface area contributed by atoms with Crippen LogP contribution in [0.15, 0.2) is 36.4 Å². The van der Waals surface area contributed by atoms with Crippen LogP contribution in [0, 0.1) is 0 Å². The molecule has 1 fully saturated rings. The number of amides is 1. The van der Waals surface area contributed by atoms with Gasteiger partial charge in [-0.05, 0) is 55.8 Å². The fourth-order valence-electron chi connectivity index (χ4n) is 2.49. The van der Waals surface area contributed by atoms with Crippen molar-refractivity contribution >= 4 is 17.2 Å². The first-order valence-corrected chi connectivity index (χ1v) is 7.91. The molecule has 0 spiro atoms. The van der Waals surface area contributed by atoms with Gasteiger partial charge in [-0.25, -0.2) is 0 Å². The summed E-state index contributed by atoms with van der Waals surface area (Å²) in [5, 5.41) is 0.677. The van der Waals surface area contributed by atoms with Gasteiger partial charge in [0.2, 0.25) is 0 Å². The number of ether oxygens (including phenoxy) is 1. The highest BCUT2D eigenvalue weighted by Gasteiger charge is 2.12. The first-order chi connectivity index (χ1) is 10.2. The fraction of sp³-hybridized carbons (Fsp3) is 0.312. The van der Waals surface area contributed by atoms with Crippen molar-refractivity contribution in [1.82, 2.24) is 4.90 Å². The summed E-state index contributed by atoms with van der Waals surface area (Å²) in [6.07, 6.45) is 2.61. The van der Waals surface area contributed by atoms with Gasteiger partial charge in [-0.2, -0.15) is 0 Å². The summed E-state index contributed by atoms with van der Waals surface area (Å²) in [4.78, 5) is 14.0. The Labute approximate surface area is 128 Å². The molecule has 3 rings (SSSR count). The van der Waals surface area contributed by atoms with Crippen LogP contribution in [0.4, 0.5) is 0 Å². The smallest absolute Gasteiger partial charge is 0.258 e. The summed E-state index contributed by atoms with van der Waals surface area (Å²) in [6, 6.07) is 11.6. The molecule has 0 radical (unpaired) electrons. The first kappa shape index (κ1) is 14.1. The molecule has 1 aliphatic heterocycles. The van der Waals surface area contributed by atoms with Gasteiger partial charge in [-0.3, -0.25) is 9.69 Å². The second-order valence-corrected chi connectivity index (χ2v) is 6.26. The summed E-state index contributed by atoms with van der Waals surface area (Å²) in [7, 11) is 0. The minimum Gasteiger partial charge on any atom is -0.447 e. The number of hydrogen-bond acceptors (Lipinski definition) is 4. The predicted molar refractivity (Wildman–Crippen MR) is 83.9 cm³/mol. The molecule has 1 aromatic heterocycles. The summed E-state index contributed by atoms with van der Waals surface area (Å²) in [5.74, 6) is 0.355. The Hall–Kier alpha value is -1.85. The van der Waals surface area contributed by atoms with E-state index in [-0.39, 0.29) is 0 Å². The molecule has 21 heavy (non-hydrogen) atoms. The molecule has 5 heteroatoms. The van der Waals surface area contributed by atoms with E-state index in [0.717, 1.165) is 12.3 Å². The normalized spacial score (nSPS) is 15.2. The van der Waals surface area contributed by atoms with Crippen LogP contribution < -0.4 is 10.5 Å². The molecule has 1 aromatic carbocycles. The predicted octanol–water partition coefficient (Wildman–Crippen LogP) is 3.24. The lowest BCUT2D eigenvalue weighted by Crippen LogP contribution is -2.18. The third kappa shape index (κ3) is 3.62. The minimum atomic E-state index is -0.421. The average Bonchev–Trinajstić information content (AvgIpc) is 3.12. The molecule has 0 saturated carbocycles. The lowest BCUT2D eigenvalue weighted by Gasteiger charge is -2.14. The lowest BCUT2D eigenvalue weighted by atomic mass is 10.2. The molecule has 110 valence electrons. The van der Waals surface area contributed by atoms with Gasteiger partial charge in [-0.15, -0.1) is 0 Å². The Balaban J connectivity index is 1.61. The van der Waals surface area contributed by atoms with Crippen LogP contribution in [-0.4, -0.2) is 23.9 Å². The number of hydrogen-bond donors (Lipinski definition) is 1. The Morgan fingerprint density at radius 2 is 1.86 bits per heavy atom. The molecule has 2 aromatic rings. The van der Waals surface area contributed by atoms with Crippen molar-refractivity contribution in [1.29, 1.82) is 0 Å². The van der Waals surface area contributed by atoms with Crippen LogP contribution in [0.2, 0.25) is 0 Å². The highest BCUT2D eigenvalue weighted by atomic mass is 32.1. The number of thiophene rings is 1. The second kappa shape index (κ2) is 6.28. The zero-order valence-electron chi connectivity index (χ0n) is 11.7. The number of primary amides is 1. The van der Waals surface area contributed by atoms with Crippen molar-refractivity contribution in [3.05, 3.63) is 46.8 Å². The maximum Gasteiger partial charge on any atom is 0.258 e. The third-order valence-electron chi connectivity index (χ3n) is 3.57. The standard InChI is InChI=1S/C16H18N2O2S/c17-16(19)14-7-8-15(21-14)20-13-5-3-12(4-6-13)11-18-9-1-2-10-18/h3-8H,1-2,9-11H2,(H2,17,19). The van der Waals surface area contributed by atoms with Gasteiger partial charge >= 0.3 is 0 Å². The van der Waals surface area contributed by atoms with Gasteiger partial charge in [0.25, 0.3) is 5.91 Å². The van der Waals surface area contributed by atoms with Crippen LogP contribution in [0.3, 0.4) is 0 Å². The second-order valence-electron chi connectivity index (χ2n) is 5.21. The molecular weight excluding hydrogens is 284 g/mol. The minimum absolute atomic E-state index is 0.421.